The zero-order chi connectivity index (χ0) is 15.1. The van der Waals surface area contributed by atoms with Crippen LogP contribution in [0.25, 0.3) is 0 Å². The molecule has 0 aliphatic heterocycles. The van der Waals surface area contributed by atoms with Crippen LogP contribution in [0.2, 0.25) is 0 Å². The largest absolute Gasteiger partial charge is 0.384 e. The van der Waals surface area contributed by atoms with Gasteiger partial charge in [0, 0.05) is 5.56 Å². The van der Waals surface area contributed by atoms with E-state index in [4.69, 9.17) is 9.84 Å². The molecule has 1 aliphatic rings. The van der Waals surface area contributed by atoms with Crippen LogP contribution in [0.5, 0.6) is 0 Å². The van der Waals surface area contributed by atoms with E-state index in [0.717, 1.165) is 18.4 Å². The summed E-state index contributed by atoms with van der Waals surface area (Å²) < 4.78 is 19.6. The van der Waals surface area contributed by atoms with Gasteiger partial charge in [0.2, 0.25) is 0 Å². The second kappa shape index (κ2) is 8.17. The molecule has 2 rings (SSSR count). The molecular formula is C18H23FO2. The number of hydrogen-bond acceptors (Lipinski definition) is 2. The van der Waals surface area contributed by atoms with Gasteiger partial charge in [-0.05, 0) is 42.5 Å². The van der Waals surface area contributed by atoms with Crippen molar-refractivity contribution in [3.05, 3.63) is 35.1 Å². The lowest BCUT2D eigenvalue weighted by atomic mass is 9.85. The van der Waals surface area contributed by atoms with Crippen LogP contribution in [0.1, 0.15) is 50.2 Å². The molecule has 0 aromatic heterocycles. The van der Waals surface area contributed by atoms with Crippen molar-refractivity contribution in [2.45, 2.75) is 51.7 Å². The Labute approximate surface area is 126 Å². The van der Waals surface area contributed by atoms with Crippen LogP contribution in [0.3, 0.4) is 0 Å². The predicted molar refractivity (Wildman–Crippen MR) is 81.2 cm³/mol. The lowest BCUT2D eigenvalue weighted by molar-refractivity contribution is -0.0222. The highest BCUT2D eigenvalue weighted by molar-refractivity contribution is 5.37. The van der Waals surface area contributed by atoms with E-state index in [1.165, 1.54) is 31.4 Å². The van der Waals surface area contributed by atoms with Crippen molar-refractivity contribution in [3.63, 3.8) is 0 Å². The fraction of sp³-hybridized carbons (Fsp3) is 0.556. The molecule has 2 nitrogen and oxygen atoms in total. The van der Waals surface area contributed by atoms with E-state index < -0.39 is 0 Å². The summed E-state index contributed by atoms with van der Waals surface area (Å²) in [4.78, 5) is 0. The highest BCUT2D eigenvalue weighted by atomic mass is 19.1. The molecule has 0 radical (unpaired) electrons. The smallest absolute Gasteiger partial charge is 0.124 e. The number of aliphatic hydroxyl groups is 1. The predicted octanol–water partition coefficient (Wildman–Crippen LogP) is 3.65. The lowest BCUT2D eigenvalue weighted by Crippen LogP contribution is -2.27. The maximum Gasteiger partial charge on any atom is 0.124 e. The fourth-order valence-corrected chi connectivity index (χ4v) is 3.01. The zero-order valence-corrected chi connectivity index (χ0v) is 12.6. The first kappa shape index (κ1) is 16.0. The number of aliphatic hydroxyl groups excluding tert-OH is 1. The Morgan fingerprint density at radius 2 is 2.10 bits per heavy atom. The first-order valence-corrected chi connectivity index (χ1v) is 7.73. The molecule has 1 aromatic rings. The Morgan fingerprint density at radius 1 is 1.29 bits per heavy atom. The first-order chi connectivity index (χ1) is 10.2. The Morgan fingerprint density at radius 3 is 2.86 bits per heavy atom. The molecule has 0 heterocycles. The minimum atomic E-state index is -0.311. The second-order valence-corrected chi connectivity index (χ2v) is 5.61. The van der Waals surface area contributed by atoms with E-state index in [2.05, 4.69) is 18.8 Å². The van der Waals surface area contributed by atoms with Crippen LogP contribution < -0.4 is 0 Å². The summed E-state index contributed by atoms with van der Waals surface area (Å²) in [6, 6.07) is 4.70. The normalized spacial score (nSPS) is 21.7. The molecule has 0 amide bonds. The lowest BCUT2D eigenvalue weighted by Gasteiger charge is -2.30. The molecule has 21 heavy (non-hydrogen) atoms. The van der Waals surface area contributed by atoms with Gasteiger partial charge >= 0.3 is 0 Å². The molecule has 0 saturated heterocycles. The number of rotatable bonds is 4. The number of hydrogen-bond donors (Lipinski definition) is 1. The third-order valence-corrected chi connectivity index (χ3v) is 4.10. The van der Waals surface area contributed by atoms with E-state index in [1.54, 1.807) is 0 Å². The van der Waals surface area contributed by atoms with Gasteiger partial charge < -0.3 is 9.84 Å². The molecule has 1 fully saturated rings. The van der Waals surface area contributed by atoms with Gasteiger partial charge in [0.15, 0.2) is 0 Å². The highest BCUT2D eigenvalue weighted by Crippen LogP contribution is 2.29. The molecule has 1 saturated carbocycles. The van der Waals surface area contributed by atoms with Crippen LogP contribution >= 0.6 is 0 Å². The minimum absolute atomic E-state index is 0.220. The average molecular weight is 290 g/mol. The van der Waals surface area contributed by atoms with Crippen molar-refractivity contribution in [1.29, 1.82) is 0 Å². The third-order valence-electron chi connectivity index (χ3n) is 4.10. The molecule has 1 aliphatic carbocycles. The number of halogens is 1. The Hall–Kier alpha value is -1.37. The maximum atomic E-state index is 13.6. The van der Waals surface area contributed by atoms with Gasteiger partial charge in [0.1, 0.15) is 12.4 Å². The van der Waals surface area contributed by atoms with Crippen LogP contribution in [0.4, 0.5) is 4.39 Å². The van der Waals surface area contributed by atoms with Gasteiger partial charge in [0.05, 0.1) is 12.7 Å². The van der Waals surface area contributed by atoms with Gasteiger partial charge in [-0.3, -0.25) is 0 Å². The monoisotopic (exact) mass is 290 g/mol. The molecule has 1 aromatic carbocycles. The van der Waals surface area contributed by atoms with Crippen molar-refractivity contribution in [1.82, 2.24) is 0 Å². The third kappa shape index (κ3) is 4.84. The molecule has 1 N–H and O–H groups in total. The van der Waals surface area contributed by atoms with E-state index in [1.807, 2.05) is 6.07 Å². The second-order valence-electron chi connectivity index (χ2n) is 5.61. The minimum Gasteiger partial charge on any atom is -0.384 e. The standard InChI is InChI=1S/C18H23FO2/c1-2-16-7-3-4-8-18(16)21-13-15-10-14(6-5-9-20)11-17(19)12-15/h10-12,16,18,20H,2-4,7-9,13H2,1H3. The SMILES string of the molecule is CCC1CCCCC1OCc1cc(F)cc(C#CCO)c1. The summed E-state index contributed by atoms with van der Waals surface area (Å²) in [7, 11) is 0. The quantitative estimate of drug-likeness (QED) is 0.858. The molecule has 2 unspecified atom stereocenters. The van der Waals surface area contributed by atoms with E-state index in [9.17, 15) is 4.39 Å². The van der Waals surface area contributed by atoms with Gasteiger partial charge in [-0.2, -0.15) is 0 Å². The van der Waals surface area contributed by atoms with Crippen LogP contribution in [0, 0.1) is 23.6 Å². The fourth-order valence-electron chi connectivity index (χ4n) is 3.01. The van der Waals surface area contributed by atoms with Gasteiger partial charge in [0.25, 0.3) is 0 Å². The summed E-state index contributed by atoms with van der Waals surface area (Å²) in [5, 5.41) is 8.70. The summed E-state index contributed by atoms with van der Waals surface area (Å²) in [6.07, 6.45) is 6.28. The molecular weight excluding hydrogens is 267 g/mol. The van der Waals surface area contributed by atoms with Crippen molar-refractivity contribution >= 4 is 0 Å². The van der Waals surface area contributed by atoms with Gasteiger partial charge in [-0.25, -0.2) is 4.39 Å². The summed E-state index contributed by atoms with van der Waals surface area (Å²) in [6.45, 7) is 2.41. The number of ether oxygens (including phenoxy) is 1. The van der Waals surface area contributed by atoms with Crippen LogP contribution in [0.15, 0.2) is 18.2 Å². The average Bonchev–Trinajstić information content (AvgIpc) is 2.50. The van der Waals surface area contributed by atoms with Crippen molar-refractivity contribution in [2.75, 3.05) is 6.61 Å². The van der Waals surface area contributed by atoms with Crippen molar-refractivity contribution in [3.8, 4) is 11.8 Å². The summed E-state index contributed by atoms with van der Waals surface area (Å²) in [5.41, 5.74) is 1.39. The summed E-state index contributed by atoms with van der Waals surface area (Å²) in [5.74, 6) is 5.59. The Kier molecular flexibility index (Phi) is 6.22. The Balaban J connectivity index is 2.00. The highest BCUT2D eigenvalue weighted by Gasteiger charge is 2.24. The van der Waals surface area contributed by atoms with Crippen molar-refractivity contribution < 1.29 is 14.2 Å². The van der Waals surface area contributed by atoms with Gasteiger partial charge in [-0.15, -0.1) is 0 Å². The molecule has 114 valence electrons. The van der Waals surface area contributed by atoms with Crippen LogP contribution in [-0.2, 0) is 11.3 Å². The molecule has 0 bridgehead atoms. The van der Waals surface area contributed by atoms with E-state index >= 15 is 0 Å². The zero-order valence-electron chi connectivity index (χ0n) is 12.6. The van der Waals surface area contributed by atoms with E-state index in [0.29, 0.717) is 24.2 Å². The molecule has 0 spiro atoms. The molecule has 2 atom stereocenters. The van der Waals surface area contributed by atoms with Crippen molar-refractivity contribution in [2.24, 2.45) is 5.92 Å². The summed E-state index contributed by atoms with van der Waals surface area (Å²) >= 11 is 0. The first-order valence-electron chi connectivity index (χ1n) is 7.73. The number of benzene rings is 1. The van der Waals surface area contributed by atoms with Crippen LogP contribution in [-0.4, -0.2) is 17.8 Å². The topological polar surface area (TPSA) is 29.5 Å². The molecule has 3 heteroatoms. The van der Waals surface area contributed by atoms with Gasteiger partial charge in [-0.1, -0.05) is 38.0 Å². The maximum absolute atomic E-state index is 13.6. The van der Waals surface area contributed by atoms with E-state index in [-0.39, 0.29) is 12.4 Å². The Bertz CT molecular complexity index is 516.